The predicted molar refractivity (Wildman–Crippen MR) is 98.9 cm³/mol. The second-order valence-corrected chi connectivity index (χ2v) is 7.61. The van der Waals surface area contributed by atoms with Gasteiger partial charge in [0.1, 0.15) is 5.76 Å². The smallest absolute Gasteiger partial charge is 0.226 e. The molecule has 0 aliphatic rings. The topological polar surface area (TPSA) is 58.4 Å². The lowest BCUT2D eigenvalue weighted by atomic mass is 10.0. The number of benzene rings is 1. The van der Waals surface area contributed by atoms with E-state index in [4.69, 9.17) is 4.42 Å². The molecule has 1 N–H and O–H groups in total. The summed E-state index contributed by atoms with van der Waals surface area (Å²) < 4.78 is 6.68. The average molecular weight is 394 g/mol. The molecule has 0 atom stereocenters. The van der Waals surface area contributed by atoms with Crippen molar-refractivity contribution in [1.29, 1.82) is 0 Å². The van der Waals surface area contributed by atoms with Gasteiger partial charge in [0.05, 0.1) is 12.1 Å². The van der Waals surface area contributed by atoms with Gasteiger partial charge in [-0.15, -0.1) is 0 Å². The molecule has 0 unspecified atom stereocenters. The summed E-state index contributed by atoms with van der Waals surface area (Å²) in [6, 6.07) is 7.74. The largest absolute Gasteiger partial charge is 0.441 e. The van der Waals surface area contributed by atoms with Crippen LogP contribution in [-0.4, -0.2) is 42.0 Å². The normalized spacial score (nSPS) is 11.8. The maximum atomic E-state index is 12.2. The minimum absolute atomic E-state index is 0.0536. The summed E-state index contributed by atoms with van der Waals surface area (Å²) >= 11 is 3.44. The SMILES string of the molecule is Cc1oc(-c2cccc(Br)c2)nc1CC(=O)NCC(C)(C)N(C)C. The Hall–Kier alpha value is -1.66. The van der Waals surface area contributed by atoms with Gasteiger partial charge in [-0.1, -0.05) is 22.0 Å². The van der Waals surface area contributed by atoms with Crippen LogP contribution in [0.25, 0.3) is 11.5 Å². The van der Waals surface area contributed by atoms with Crippen LogP contribution in [0.4, 0.5) is 0 Å². The van der Waals surface area contributed by atoms with E-state index in [-0.39, 0.29) is 17.9 Å². The lowest BCUT2D eigenvalue weighted by Crippen LogP contribution is -2.48. The first-order valence-electron chi connectivity index (χ1n) is 7.85. The van der Waals surface area contributed by atoms with Crippen molar-refractivity contribution < 1.29 is 9.21 Å². The van der Waals surface area contributed by atoms with Crippen LogP contribution in [-0.2, 0) is 11.2 Å². The Morgan fingerprint density at radius 2 is 2.08 bits per heavy atom. The zero-order valence-electron chi connectivity index (χ0n) is 14.8. The number of hydrogen-bond donors (Lipinski definition) is 1. The summed E-state index contributed by atoms with van der Waals surface area (Å²) in [5, 5.41) is 2.97. The zero-order chi connectivity index (χ0) is 17.9. The first kappa shape index (κ1) is 18.7. The summed E-state index contributed by atoms with van der Waals surface area (Å²) in [5.41, 5.74) is 1.45. The van der Waals surface area contributed by atoms with Crippen LogP contribution in [0, 0.1) is 6.92 Å². The summed E-state index contributed by atoms with van der Waals surface area (Å²) in [4.78, 5) is 18.8. The molecule has 2 rings (SSSR count). The Morgan fingerprint density at radius 3 is 2.71 bits per heavy atom. The van der Waals surface area contributed by atoms with Gasteiger partial charge in [0.2, 0.25) is 11.8 Å². The molecular formula is C18H24BrN3O2. The fraction of sp³-hybridized carbons (Fsp3) is 0.444. The van der Waals surface area contributed by atoms with Crippen molar-refractivity contribution in [1.82, 2.24) is 15.2 Å². The van der Waals surface area contributed by atoms with Crippen molar-refractivity contribution in [2.45, 2.75) is 32.7 Å². The van der Waals surface area contributed by atoms with Gasteiger partial charge in [-0.2, -0.15) is 0 Å². The minimum Gasteiger partial charge on any atom is -0.441 e. The number of halogens is 1. The number of amides is 1. The lowest BCUT2D eigenvalue weighted by molar-refractivity contribution is -0.121. The van der Waals surface area contributed by atoms with Crippen LogP contribution >= 0.6 is 15.9 Å². The van der Waals surface area contributed by atoms with Crippen molar-refractivity contribution in [2.75, 3.05) is 20.6 Å². The Morgan fingerprint density at radius 1 is 1.38 bits per heavy atom. The highest BCUT2D eigenvalue weighted by atomic mass is 79.9. The van der Waals surface area contributed by atoms with Gasteiger partial charge >= 0.3 is 0 Å². The average Bonchev–Trinajstić information content (AvgIpc) is 2.86. The van der Waals surface area contributed by atoms with E-state index in [9.17, 15) is 4.79 Å². The van der Waals surface area contributed by atoms with E-state index in [2.05, 4.69) is 45.0 Å². The molecule has 0 bridgehead atoms. The summed E-state index contributed by atoms with van der Waals surface area (Å²) in [7, 11) is 4.00. The summed E-state index contributed by atoms with van der Waals surface area (Å²) in [6.07, 6.45) is 0.215. The summed E-state index contributed by atoms with van der Waals surface area (Å²) in [5.74, 6) is 1.15. The highest BCUT2D eigenvalue weighted by molar-refractivity contribution is 9.10. The molecule has 0 aliphatic heterocycles. The number of aryl methyl sites for hydroxylation is 1. The molecule has 130 valence electrons. The van der Waals surface area contributed by atoms with E-state index >= 15 is 0 Å². The van der Waals surface area contributed by atoms with Crippen LogP contribution in [0.5, 0.6) is 0 Å². The van der Waals surface area contributed by atoms with Crippen LogP contribution < -0.4 is 5.32 Å². The van der Waals surface area contributed by atoms with E-state index in [1.165, 1.54) is 0 Å². The van der Waals surface area contributed by atoms with E-state index in [1.807, 2.05) is 45.3 Å². The molecule has 0 radical (unpaired) electrons. The van der Waals surface area contributed by atoms with Crippen molar-refractivity contribution in [3.05, 3.63) is 40.2 Å². The van der Waals surface area contributed by atoms with E-state index in [0.29, 0.717) is 23.9 Å². The number of nitrogens with one attached hydrogen (secondary N) is 1. The second-order valence-electron chi connectivity index (χ2n) is 6.69. The number of hydrogen-bond acceptors (Lipinski definition) is 4. The van der Waals surface area contributed by atoms with E-state index in [0.717, 1.165) is 10.0 Å². The number of oxazole rings is 1. The fourth-order valence-electron chi connectivity index (χ4n) is 2.02. The van der Waals surface area contributed by atoms with E-state index < -0.39 is 0 Å². The highest BCUT2D eigenvalue weighted by Gasteiger charge is 2.22. The molecule has 0 saturated carbocycles. The van der Waals surface area contributed by atoms with Gasteiger partial charge in [0.15, 0.2) is 0 Å². The summed E-state index contributed by atoms with van der Waals surface area (Å²) in [6.45, 7) is 6.58. The van der Waals surface area contributed by atoms with Gasteiger partial charge in [-0.3, -0.25) is 4.79 Å². The molecule has 5 nitrogen and oxygen atoms in total. The molecule has 1 heterocycles. The molecule has 2 aromatic rings. The maximum absolute atomic E-state index is 12.2. The third-order valence-corrected chi connectivity index (χ3v) is 4.71. The van der Waals surface area contributed by atoms with Gasteiger partial charge < -0.3 is 14.6 Å². The molecule has 0 aliphatic carbocycles. The molecular weight excluding hydrogens is 370 g/mol. The van der Waals surface area contributed by atoms with Crippen molar-refractivity contribution >= 4 is 21.8 Å². The third-order valence-electron chi connectivity index (χ3n) is 4.22. The quantitative estimate of drug-likeness (QED) is 0.816. The number of carbonyl (C=O) groups excluding carboxylic acids is 1. The van der Waals surface area contributed by atoms with Crippen molar-refractivity contribution in [2.24, 2.45) is 0 Å². The Bertz CT molecular complexity index is 723. The van der Waals surface area contributed by atoms with Crippen molar-refractivity contribution in [3.8, 4) is 11.5 Å². The zero-order valence-corrected chi connectivity index (χ0v) is 16.4. The van der Waals surface area contributed by atoms with Crippen LogP contribution in [0.2, 0.25) is 0 Å². The number of aromatic nitrogens is 1. The Balaban J connectivity index is 2.04. The Kier molecular flexibility index (Phi) is 5.83. The first-order valence-corrected chi connectivity index (χ1v) is 8.65. The Labute approximate surface area is 151 Å². The monoisotopic (exact) mass is 393 g/mol. The highest BCUT2D eigenvalue weighted by Crippen LogP contribution is 2.24. The molecule has 6 heteroatoms. The van der Waals surface area contributed by atoms with Crippen LogP contribution in [0.15, 0.2) is 33.2 Å². The van der Waals surface area contributed by atoms with Crippen LogP contribution in [0.3, 0.4) is 0 Å². The molecule has 1 aromatic carbocycles. The van der Waals surface area contributed by atoms with E-state index in [1.54, 1.807) is 0 Å². The minimum atomic E-state index is -0.101. The van der Waals surface area contributed by atoms with Crippen LogP contribution in [0.1, 0.15) is 25.3 Å². The molecule has 0 saturated heterocycles. The first-order chi connectivity index (χ1) is 11.2. The molecule has 1 amide bonds. The van der Waals surface area contributed by atoms with Gasteiger partial charge in [0, 0.05) is 22.1 Å². The lowest BCUT2D eigenvalue weighted by Gasteiger charge is -2.32. The molecule has 24 heavy (non-hydrogen) atoms. The van der Waals surface area contributed by atoms with Gasteiger partial charge in [-0.05, 0) is 53.1 Å². The number of likely N-dealkylation sites (N-methyl/N-ethyl adjacent to an activating group) is 1. The van der Waals surface area contributed by atoms with Crippen molar-refractivity contribution in [3.63, 3.8) is 0 Å². The maximum Gasteiger partial charge on any atom is 0.226 e. The second kappa shape index (κ2) is 7.49. The fourth-order valence-corrected chi connectivity index (χ4v) is 2.42. The number of carbonyl (C=O) groups is 1. The molecule has 0 spiro atoms. The molecule has 1 aromatic heterocycles. The van der Waals surface area contributed by atoms with Gasteiger partial charge in [-0.25, -0.2) is 4.98 Å². The predicted octanol–water partition coefficient (Wildman–Crippen LogP) is 3.41. The standard InChI is InChI=1S/C18H24BrN3O2/c1-12-15(10-16(23)20-11-18(2,3)22(4)5)21-17(24-12)13-7-6-8-14(19)9-13/h6-9H,10-11H2,1-5H3,(H,20,23). The van der Waals surface area contributed by atoms with Gasteiger partial charge in [0.25, 0.3) is 0 Å². The number of nitrogens with zero attached hydrogens (tertiary/aromatic N) is 2. The third kappa shape index (κ3) is 4.68. The molecule has 0 fully saturated rings. The number of rotatable bonds is 6.